The Balaban J connectivity index is 2.44. The lowest BCUT2D eigenvalue weighted by molar-refractivity contribution is -0.153. The molecule has 0 bridgehead atoms. The third-order valence-corrected chi connectivity index (χ3v) is 7.16. The van der Waals surface area contributed by atoms with Crippen LogP contribution in [0.5, 0.6) is 0 Å². The van der Waals surface area contributed by atoms with Crippen molar-refractivity contribution in [2.75, 3.05) is 0 Å². The molecule has 0 saturated heterocycles. The lowest BCUT2D eigenvalue weighted by Crippen LogP contribution is -2.21. The molecule has 9 nitrogen and oxygen atoms in total. The normalized spacial score (nSPS) is 16.7. The number of hydrogen-bond acceptors (Lipinski definition) is 9. The van der Waals surface area contributed by atoms with Gasteiger partial charge in [0.1, 0.15) is 29.9 Å². The summed E-state index contributed by atoms with van der Waals surface area (Å²) in [6, 6.07) is 3.24. The maximum atomic E-state index is 14.3. The quantitative estimate of drug-likeness (QED) is 0.188. The van der Waals surface area contributed by atoms with Crippen molar-refractivity contribution in [3.8, 4) is 18.2 Å². The largest absolute Gasteiger partial charge is 0.451 e. The van der Waals surface area contributed by atoms with E-state index in [0.29, 0.717) is 13.8 Å². The minimum Gasteiger partial charge on any atom is -0.238 e. The van der Waals surface area contributed by atoms with Gasteiger partial charge in [-0.3, -0.25) is 0 Å². The highest BCUT2D eigenvalue weighted by molar-refractivity contribution is 6.13. The summed E-state index contributed by atoms with van der Waals surface area (Å²) in [5.74, 6) is -4.18. The third kappa shape index (κ3) is 7.38. The summed E-state index contributed by atoms with van der Waals surface area (Å²) < 4.78 is 212. The van der Waals surface area contributed by atoms with E-state index < -0.39 is 133 Å². The monoisotopic (exact) mass is 783 g/mol. The number of nitriles is 3. The number of halogens is 15. The molecule has 0 aromatic carbocycles. The molecule has 282 valence electrons. The van der Waals surface area contributed by atoms with Crippen molar-refractivity contribution in [1.29, 1.82) is 15.8 Å². The molecule has 0 aliphatic heterocycles. The van der Waals surface area contributed by atoms with E-state index in [-0.39, 0.29) is 0 Å². The first-order valence-corrected chi connectivity index (χ1v) is 13.9. The van der Waals surface area contributed by atoms with Gasteiger partial charge in [0, 0.05) is 27.8 Å². The average molecular weight is 783 g/mol. The number of aryl methyl sites for hydroxylation is 4. The van der Waals surface area contributed by atoms with Crippen LogP contribution in [0.1, 0.15) is 68.3 Å². The smallest absolute Gasteiger partial charge is 0.238 e. The summed E-state index contributed by atoms with van der Waals surface area (Å²) >= 11 is 0. The lowest BCUT2D eigenvalue weighted by Gasteiger charge is -2.17. The highest BCUT2D eigenvalue weighted by Crippen LogP contribution is 2.59. The van der Waals surface area contributed by atoms with E-state index in [1.807, 2.05) is 0 Å². The van der Waals surface area contributed by atoms with Crippen LogP contribution in [0, 0.1) is 61.7 Å². The molecule has 0 radical (unpaired) electrons. The lowest BCUT2D eigenvalue weighted by atomic mass is 9.98. The van der Waals surface area contributed by atoms with Crippen LogP contribution in [0.2, 0.25) is 0 Å². The number of rotatable bonds is 3. The number of hydrogen-bond donors (Lipinski definition) is 0. The molecule has 1 aliphatic carbocycles. The van der Waals surface area contributed by atoms with E-state index in [1.54, 1.807) is 0 Å². The van der Waals surface area contributed by atoms with Gasteiger partial charge in [0.2, 0.25) is 5.82 Å². The Morgan fingerprint density at radius 3 is 0.981 bits per heavy atom. The van der Waals surface area contributed by atoms with Crippen molar-refractivity contribution < 1.29 is 65.9 Å². The van der Waals surface area contributed by atoms with Gasteiger partial charge in [-0.2, -0.15) is 81.6 Å². The number of aromatic nitrogens is 6. The maximum absolute atomic E-state index is 14.3. The summed E-state index contributed by atoms with van der Waals surface area (Å²) in [4.78, 5) is 18.1. The Kier molecular flexibility index (Phi) is 9.84. The molecule has 4 rings (SSSR count). The van der Waals surface area contributed by atoms with Crippen LogP contribution in [0.4, 0.5) is 65.9 Å². The van der Waals surface area contributed by atoms with Crippen LogP contribution in [0.3, 0.4) is 0 Å². The Morgan fingerprint density at radius 2 is 0.667 bits per heavy atom. The minimum absolute atomic E-state index is 0.460. The summed E-state index contributed by atoms with van der Waals surface area (Å²) in [5, 5.41) is 30.4. The third-order valence-electron chi connectivity index (χ3n) is 7.16. The second kappa shape index (κ2) is 13.1. The number of nitrogens with zero attached hydrogens (tertiary/aromatic N) is 9. The molecular weight excluding hydrogens is 771 g/mol. The van der Waals surface area contributed by atoms with Crippen molar-refractivity contribution in [2.45, 2.75) is 58.6 Å². The van der Waals surface area contributed by atoms with E-state index >= 15 is 0 Å². The van der Waals surface area contributed by atoms with E-state index in [0.717, 1.165) is 26.0 Å². The second-order valence-corrected chi connectivity index (χ2v) is 10.9. The fraction of sp³-hybridized carbons (Fsp3) is 0.300. The SMILES string of the molecule is Cc1nc(C(F)(F)F)c(C(C#N)=C2C(=C(\C#N)c3c(C)nc(C)nc3C(F)(F)F)/C2=C(\C#N)c2c(C)nc(C(F)(F)F)nc2C(F)(F)F)c(C(F)(F)F)n1. The zero-order chi connectivity index (χ0) is 41.3. The van der Waals surface area contributed by atoms with Gasteiger partial charge in [0.15, 0.2) is 22.8 Å². The Labute approximate surface area is 290 Å². The zero-order valence-electron chi connectivity index (χ0n) is 26.7. The van der Waals surface area contributed by atoms with Gasteiger partial charge in [-0.05, 0) is 27.7 Å². The van der Waals surface area contributed by atoms with Gasteiger partial charge < -0.3 is 0 Å². The van der Waals surface area contributed by atoms with Gasteiger partial charge >= 0.3 is 30.9 Å². The topological polar surface area (TPSA) is 149 Å². The molecule has 0 unspecified atom stereocenters. The van der Waals surface area contributed by atoms with E-state index in [1.165, 1.54) is 6.07 Å². The molecule has 0 spiro atoms. The Bertz CT molecular complexity index is 2300. The molecule has 0 amide bonds. The fourth-order valence-electron chi connectivity index (χ4n) is 5.29. The molecule has 1 aliphatic rings. The average Bonchev–Trinajstić information content (AvgIpc) is 3.71. The zero-order valence-corrected chi connectivity index (χ0v) is 26.7. The number of allylic oxidation sites excluding steroid dienone is 6. The predicted octanol–water partition coefficient (Wildman–Crippen LogP) is 8.63. The molecule has 3 heterocycles. The summed E-state index contributed by atoms with van der Waals surface area (Å²) in [6.07, 6.45) is -28.8. The van der Waals surface area contributed by atoms with Crippen LogP contribution in [0.25, 0.3) is 16.7 Å². The standard InChI is InChI=1S/C30H12F15N9/c1-8-15(21(26(31,32)33)51-10(3)49-8)12(5-46)17-18(13(6-47)16-9(2)50-25(30(43,44)45)54-22(16)27(34,35)36)19(17)14(7-48)20-23(28(37,38)39)52-11(4)53-24(20)29(40,41)42/h1-4H3/b17-12+,18-13-,19-14?. The second-order valence-electron chi connectivity index (χ2n) is 10.9. The Hall–Kier alpha value is -6.12. The molecular formula is C30H12F15N9. The molecule has 24 heteroatoms. The van der Waals surface area contributed by atoms with Crippen molar-refractivity contribution in [3.63, 3.8) is 0 Å². The van der Waals surface area contributed by atoms with Gasteiger partial charge in [0.25, 0.3) is 0 Å². The molecule has 1 fully saturated rings. The molecule has 0 N–H and O–H groups in total. The van der Waals surface area contributed by atoms with Crippen molar-refractivity contribution in [3.05, 3.63) is 85.0 Å². The molecule has 54 heavy (non-hydrogen) atoms. The van der Waals surface area contributed by atoms with Crippen molar-refractivity contribution in [2.24, 2.45) is 0 Å². The van der Waals surface area contributed by atoms with Crippen LogP contribution in [0.15, 0.2) is 16.7 Å². The minimum atomic E-state index is -5.92. The first-order valence-electron chi connectivity index (χ1n) is 13.9. The predicted molar refractivity (Wildman–Crippen MR) is 148 cm³/mol. The first-order chi connectivity index (χ1) is 24.5. The van der Waals surface area contributed by atoms with Crippen molar-refractivity contribution >= 4 is 16.7 Å². The van der Waals surface area contributed by atoms with E-state index in [9.17, 15) is 81.6 Å². The van der Waals surface area contributed by atoms with Gasteiger partial charge in [-0.15, -0.1) is 0 Å². The van der Waals surface area contributed by atoms with Crippen LogP contribution in [-0.4, -0.2) is 29.9 Å². The van der Waals surface area contributed by atoms with Gasteiger partial charge in [-0.25, -0.2) is 29.9 Å². The molecule has 3 aromatic heterocycles. The highest BCUT2D eigenvalue weighted by Gasteiger charge is 2.51. The van der Waals surface area contributed by atoms with Crippen LogP contribution < -0.4 is 0 Å². The molecule has 3 aromatic rings. The summed E-state index contributed by atoms with van der Waals surface area (Å²) in [7, 11) is 0. The van der Waals surface area contributed by atoms with Gasteiger partial charge in [-0.1, -0.05) is 0 Å². The molecule has 1 saturated carbocycles. The highest BCUT2D eigenvalue weighted by atomic mass is 19.4. The van der Waals surface area contributed by atoms with E-state index in [4.69, 9.17) is 0 Å². The fourth-order valence-corrected chi connectivity index (χ4v) is 5.29. The van der Waals surface area contributed by atoms with Crippen LogP contribution in [-0.2, 0) is 30.9 Å². The maximum Gasteiger partial charge on any atom is 0.451 e. The molecule has 0 atom stereocenters. The number of alkyl halides is 15. The summed E-state index contributed by atoms with van der Waals surface area (Å²) in [6.45, 7) is 2.81. The van der Waals surface area contributed by atoms with Crippen LogP contribution >= 0.6 is 0 Å². The van der Waals surface area contributed by atoms with Crippen molar-refractivity contribution in [1.82, 2.24) is 29.9 Å². The van der Waals surface area contributed by atoms with Gasteiger partial charge in [0.05, 0.1) is 33.7 Å². The van der Waals surface area contributed by atoms with E-state index in [2.05, 4.69) is 29.9 Å². The first kappa shape index (κ1) is 40.6. The summed E-state index contributed by atoms with van der Waals surface area (Å²) in [5.41, 5.74) is -25.8. The Morgan fingerprint density at radius 1 is 0.389 bits per heavy atom.